The van der Waals surface area contributed by atoms with Gasteiger partial charge in [0.05, 0.1) is 26.4 Å². The largest absolute Gasteiger partial charge is 0.472 e. The minimum atomic E-state index is -4.96. The Labute approximate surface area is 632 Å². The van der Waals surface area contributed by atoms with E-state index in [1.807, 2.05) is 0 Å². The van der Waals surface area contributed by atoms with Gasteiger partial charge in [0.25, 0.3) is 0 Å². The number of unbranched alkanes of at least 4 members (excludes halogenated alkanes) is 53. The number of hydrogen-bond donors (Lipinski definition) is 3. The zero-order valence-electron chi connectivity index (χ0n) is 67.6. The molecule has 0 amide bonds. The predicted octanol–water partition coefficient (Wildman–Crippen LogP) is 25.5. The van der Waals surface area contributed by atoms with Crippen LogP contribution in [0.3, 0.4) is 0 Å². The molecule has 3 N–H and O–H groups in total. The van der Waals surface area contributed by atoms with Gasteiger partial charge in [-0.2, -0.15) is 0 Å². The smallest absolute Gasteiger partial charge is 0.462 e. The molecule has 612 valence electrons. The first-order valence-corrected chi connectivity index (χ1v) is 46.5. The fourth-order valence-corrected chi connectivity index (χ4v) is 14.6. The average molecular weight is 1510 g/mol. The zero-order valence-corrected chi connectivity index (χ0v) is 69.4. The summed E-state index contributed by atoms with van der Waals surface area (Å²) < 4.78 is 68.8. The van der Waals surface area contributed by atoms with Gasteiger partial charge in [-0.1, -0.05) is 395 Å². The number of aliphatic hydroxyl groups excluding tert-OH is 1. The maximum Gasteiger partial charge on any atom is 0.472 e. The first kappa shape index (κ1) is 101. The lowest BCUT2D eigenvalue weighted by Crippen LogP contribution is -2.30. The molecule has 0 aliphatic carbocycles. The third kappa shape index (κ3) is 78.0. The molecule has 2 unspecified atom stereocenters. The minimum Gasteiger partial charge on any atom is -0.462 e. The summed E-state index contributed by atoms with van der Waals surface area (Å²) in [6.45, 7) is 9.63. The first-order valence-electron chi connectivity index (χ1n) is 43.5. The second-order valence-electron chi connectivity index (χ2n) is 31.2. The number of aliphatic hydroxyl groups is 1. The Hall–Kier alpha value is -1.94. The second kappa shape index (κ2) is 75.5. The summed E-state index contributed by atoms with van der Waals surface area (Å²) in [5.74, 6) is -0.601. The number of carbonyl (C=O) groups excluding carboxylic acids is 4. The summed E-state index contributed by atoms with van der Waals surface area (Å²) in [5, 5.41) is 10.7. The molecular formula is C84H164O17P2. The van der Waals surface area contributed by atoms with Crippen LogP contribution in [0.1, 0.15) is 446 Å². The van der Waals surface area contributed by atoms with E-state index in [2.05, 4.69) is 41.5 Å². The third-order valence-corrected chi connectivity index (χ3v) is 21.6. The number of esters is 4. The van der Waals surface area contributed by atoms with Crippen molar-refractivity contribution in [3.05, 3.63) is 0 Å². The van der Waals surface area contributed by atoms with Gasteiger partial charge in [-0.05, 0) is 37.5 Å². The van der Waals surface area contributed by atoms with E-state index in [-0.39, 0.29) is 25.7 Å². The Balaban J connectivity index is 5.22. The Morgan fingerprint density at radius 1 is 0.262 bits per heavy atom. The molecule has 0 heterocycles. The number of carbonyl (C=O) groups is 4. The van der Waals surface area contributed by atoms with E-state index in [0.29, 0.717) is 31.6 Å². The van der Waals surface area contributed by atoms with Crippen molar-refractivity contribution in [3.8, 4) is 0 Å². The van der Waals surface area contributed by atoms with E-state index in [9.17, 15) is 43.2 Å². The van der Waals surface area contributed by atoms with Crippen LogP contribution in [0.5, 0.6) is 0 Å². The number of hydrogen-bond acceptors (Lipinski definition) is 15. The van der Waals surface area contributed by atoms with Gasteiger partial charge in [0.1, 0.15) is 19.3 Å². The monoisotopic (exact) mass is 1510 g/mol. The van der Waals surface area contributed by atoms with Crippen LogP contribution in [0.15, 0.2) is 0 Å². The van der Waals surface area contributed by atoms with Gasteiger partial charge >= 0.3 is 39.5 Å². The van der Waals surface area contributed by atoms with E-state index < -0.39 is 97.5 Å². The van der Waals surface area contributed by atoms with Crippen molar-refractivity contribution in [2.75, 3.05) is 39.6 Å². The maximum absolute atomic E-state index is 13.1. The van der Waals surface area contributed by atoms with E-state index in [1.165, 1.54) is 257 Å². The Morgan fingerprint density at radius 2 is 0.447 bits per heavy atom. The van der Waals surface area contributed by atoms with Crippen molar-refractivity contribution in [3.63, 3.8) is 0 Å². The number of phosphoric ester groups is 2. The molecule has 5 atom stereocenters. The van der Waals surface area contributed by atoms with Crippen LogP contribution >= 0.6 is 15.6 Å². The maximum atomic E-state index is 13.1. The molecule has 0 aromatic heterocycles. The molecule has 17 nitrogen and oxygen atoms in total. The van der Waals surface area contributed by atoms with E-state index >= 15 is 0 Å². The normalized spacial score (nSPS) is 13.9. The van der Waals surface area contributed by atoms with E-state index in [1.54, 1.807) is 0 Å². The number of ether oxygens (including phenoxy) is 4. The van der Waals surface area contributed by atoms with Crippen LogP contribution in [-0.2, 0) is 65.4 Å². The van der Waals surface area contributed by atoms with Crippen molar-refractivity contribution in [1.29, 1.82) is 0 Å². The van der Waals surface area contributed by atoms with Gasteiger partial charge in [-0.3, -0.25) is 37.3 Å². The lowest BCUT2D eigenvalue weighted by molar-refractivity contribution is -0.161. The molecule has 0 aliphatic heterocycles. The lowest BCUT2D eigenvalue weighted by atomic mass is 10.0. The highest BCUT2D eigenvalue weighted by molar-refractivity contribution is 7.47. The van der Waals surface area contributed by atoms with Crippen molar-refractivity contribution in [2.24, 2.45) is 11.8 Å². The van der Waals surface area contributed by atoms with E-state index in [0.717, 1.165) is 102 Å². The fourth-order valence-electron chi connectivity index (χ4n) is 13.1. The van der Waals surface area contributed by atoms with Crippen LogP contribution in [-0.4, -0.2) is 96.7 Å². The Morgan fingerprint density at radius 3 is 0.660 bits per heavy atom. The van der Waals surface area contributed by atoms with Gasteiger partial charge in [-0.15, -0.1) is 0 Å². The Bertz CT molecular complexity index is 1980. The molecule has 0 rings (SSSR count). The lowest BCUT2D eigenvalue weighted by Gasteiger charge is -2.21. The first-order chi connectivity index (χ1) is 49.9. The van der Waals surface area contributed by atoms with Gasteiger partial charge in [0, 0.05) is 25.7 Å². The molecule has 0 radical (unpaired) electrons. The standard InChI is InChI=1S/C84H164O17P2/c1-7-9-11-13-15-17-19-21-23-24-25-26-27-28-30-36-40-44-50-57-63-69-83(88)100-79(72-94-81(86)66-60-54-48-42-38-34-32-31-33-37-41-46-52-58-64-76(3)4)74-98-102(90,91)96-70-78(85)71-97-103(92,93)99-75-80(73-95-82(87)67-61-55-51-45-47-53-59-65-77(5)6)101-84(89)68-62-56-49-43-39-35-29-22-20-18-16-14-12-10-8-2/h76-80,85H,7-75H2,1-6H3,(H,90,91)(H,92,93)/t78-,79-,80-/m1/s1. The average Bonchev–Trinajstić information content (AvgIpc) is 0.911. The molecule has 0 aromatic carbocycles. The number of phosphoric acid groups is 2. The summed E-state index contributed by atoms with van der Waals surface area (Å²) >= 11 is 0. The van der Waals surface area contributed by atoms with Crippen molar-refractivity contribution >= 4 is 39.5 Å². The van der Waals surface area contributed by atoms with Gasteiger partial charge < -0.3 is 33.8 Å². The SMILES string of the molecule is CCCCCCCCCCCCCCCCCCCCCCCC(=O)O[C@H](COC(=O)CCCCCCCCCCCCCCCCC(C)C)COP(=O)(O)OC[C@@H](O)COP(=O)(O)OC[C@@H](COC(=O)CCCCCCCCCC(C)C)OC(=O)CCCCCCCCCCCCCCCCC. The molecule has 0 saturated carbocycles. The molecule has 0 saturated heterocycles. The second-order valence-corrected chi connectivity index (χ2v) is 34.1. The zero-order chi connectivity index (χ0) is 75.6. The summed E-state index contributed by atoms with van der Waals surface area (Å²) in [5.41, 5.74) is 0. The molecule has 0 aromatic rings. The van der Waals surface area contributed by atoms with Crippen LogP contribution in [0.4, 0.5) is 0 Å². The molecule has 0 bridgehead atoms. The molecule has 103 heavy (non-hydrogen) atoms. The molecular weight excluding hydrogens is 1340 g/mol. The van der Waals surface area contributed by atoms with Gasteiger partial charge in [0.2, 0.25) is 0 Å². The topological polar surface area (TPSA) is 237 Å². The quantitative estimate of drug-likeness (QED) is 0.0222. The highest BCUT2D eigenvalue weighted by Gasteiger charge is 2.30. The summed E-state index contributed by atoms with van der Waals surface area (Å²) in [6, 6.07) is 0. The molecule has 0 fully saturated rings. The highest BCUT2D eigenvalue weighted by Crippen LogP contribution is 2.45. The Kier molecular flexibility index (Phi) is 74.1. The molecule has 0 spiro atoms. The number of rotatable bonds is 83. The van der Waals surface area contributed by atoms with Crippen LogP contribution in [0.25, 0.3) is 0 Å². The summed E-state index contributed by atoms with van der Waals surface area (Å²) in [7, 11) is -9.92. The van der Waals surface area contributed by atoms with Crippen LogP contribution < -0.4 is 0 Å². The van der Waals surface area contributed by atoms with Crippen molar-refractivity contribution in [1.82, 2.24) is 0 Å². The molecule has 19 heteroatoms. The van der Waals surface area contributed by atoms with Crippen molar-refractivity contribution in [2.45, 2.75) is 464 Å². The summed E-state index contributed by atoms with van der Waals surface area (Å²) in [6.07, 6.45) is 66.8. The fraction of sp³-hybridized carbons (Fsp3) is 0.952. The van der Waals surface area contributed by atoms with Gasteiger partial charge in [-0.25, -0.2) is 9.13 Å². The minimum absolute atomic E-state index is 0.108. The van der Waals surface area contributed by atoms with Crippen LogP contribution in [0, 0.1) is 11.8 Å². The van der Waals surface area contributed by atoms with Gasteiger partial charge in [0.15, 0.2) is 12.2 Å². The van der Waals surface area contributed by atoms with E-state index in [4.69, 9.17) is 37.0 Å². The molecule has 0 aliphatic rings. The van der Waals surface area contributed by atoms with Crippen molar-refractivity contribution < 1.29 is 80.2 Å². The predicted molar refractivity (Wildman–Crippen MR) is 423 cm³/mol. The van der Waals surface area contributed by atoms with Crippen LogP contribution in [0.2, 0.25) is 0 Å². The third-order valence-electron chi connectivity index (χ3n) is 19.7. The summed E-state index contributed by atoms with van der Waals surface area (Å²) in [4.78, 5) is 73.1. The highest BCUT2D eigenvalue weighted by atomic mass is 31.2.